The molecule has 0 aromatic carbocycles. The van der Waals surface area contributed by atoms with Crippen molar-refractivity contribution in [1.82, 2.24) is 5.32 Å². The molecule has 1 N–H and O–H groups in total. The van der Waals surface area contributed by atoms with E-state index >= 15 is 0 Å². The van der Waals surface area contributed by atoms with Crippen molar-refractivity contribution in [1.29, 1.82) is 5.26 Å². The summed E-state index contributed by atoms with van der Waals surface area (Å²) >= 11 is 0. The van der Waals surface area contributed by atoms with Gasteiger partial charge >= 0.3 is 0 Å². The second-order valence-corrected chi connectivity index (χ2v) is 1.87. The monoisotopic (exact) mass is 166 g/mol. The van der Waals surface area contributed by atoms with Crippen molar-refractivity contribution in [3.63, 3.8) is 0 Å². The van der Waals surface area contributed by atoms with Gasteiger partial charge in [-0.2, -0.15) is 5.26 Å². The molecule has 0 fully saturated rings. The van der Waals surface area contributed by atoms with Crippen LogP contribution in [0.1, 0.15) is 25.6 Å². The lowest BCUT2D eigenvalue weighted by atomic mass is 10.2. The summed E-state index contributed by atoms with van der Waals surface area (Å²) in [7, 11) is 1.72. The second-order valence-electron chi connectivity index (χ2n) is 1.87. The number of hydrogen-bond acceptors (Lipinski definition) is 3. The number of nitriles is 1. The third-order valence-corrected chi connectivity index (χ3v) is 1.25. The largest absolute Gasteiger partial charge is 0.467 e. The molecule has 1 unspecified atom stereocenters. The third kappa shape index (κ3) is 2.77. The zero-order valence-corrected chi connectivity index (χ0v) is 7.66. The molecule has 0 amide bonds. The van der Waals surface area contributed by atoms with Crippen LogP contribution in [0.3, 0.4) is 0 Å². The van der Waals surface area contributed by atoms with Gasteiger partial charge in [-0.25, -0.2) is 0 Å². The standard InChI is InChI=1S/C7H8N2O.C2H6/c1-9-6(5-8)7-3-2-4-10-7;1-2/h2-4,6,9H,1H3;1-2H3. The van der Waals surface area contributed by atoms with Crippen LogP contribution in [0, 0.1) is 11.3 Å². The van der Waals surface area contributed by atoms with E-state index < -0.39 is 0 Å². The number of rotatable bonds is 2. The molecule has 1 atom stereocenters. The minimum atomic E-state index is -0.324. The molecule has 3 nitrogen and oxygen atoms in total. The van der Waals surface area contributed by atoms with Crippen molar-refractivity contribution in [2.75, 3.05) is 7.05 Å². The van der Waals surface area contributed by atoms with Gasteiger partial charge in [-0.15, -0.1) is 0 Å². The van der Waals surface area contributed by atoms with Crippen LogP contribution >= 0.6 is 0 Å². The molecule has 1 aromatic rings. The van der Waals surface area contributed by atoms with Gasteiger partial charge in [0.1, 0.15) is 5.76 Å². The maximum absolute atomic E-state index is 8.53. The van der Waals surface area contributed by atoms with E-state index in [1.807, 2.05) is 19.9 Å². The van der Waals surface area contributed by atoms with E-state index in [0.29, 0.717) is 5.76 Å². The Morgan fingerprint density at radius 1 is 1.58 bits per heavy atom. The minimum Gasteiger partial charge on any atom is -0.467 e. The fourth-order valence-electron chi connectivity index (χ4n) is 0.726. The Morgan fingerprint density at radius 3 is 2.58 bits per heavy atom. The first-order chi connectivity index (χ1) is 5.88. The van der Waals surface area contributed by atoms with Crippen molar-refractivity contribution < 1.29 is 4.42 Å². The topological polar surface area (TPSA) is 49.0 Å². The number of hydrogen-bond donors (Lipinski definition) is 1. The highest BCUT2D eigenvalue weighted by Gasteiger charge is 2.08. The van der Waals surface area contributed by atoms with Crippen molar-refractivity contribution in [3.05, 3.63) is 24.2 Å². The average molecular weight is 166 g/mol. The molecule has 0 radical (unpaired) electrons. The highest BCUT2D eigenvalue weighted by Crippen LogP contribution is 2.10. The molecule has 0 spiro atoms. The molecule has 0 aliphatic rings. The third-order valence-electron chi connectivity index (χ3n) is 1.25. The predicted molar refractivity (Wildman–Crippen MR) is 47.5 cm³/mol. The van der Waals surface area contributed by atoms with Crippen LogP contribution in [-0.2, 0) is 0 Å². The van der Waals surface area contributed by atoms with E-state index in [9.17, 15) is 0 Å². The summed E-state index contributed by atoms with van der Waals surface area (Å²) in [5, 5.41) is 11.3. The van der Waals surface area contributed by atoms with Crippen molar-refractivity contribution >= 4 is 0 Å². The maximum atomic E-state index is 8.53. The molecule has 0 bridgehead atoms. The van der Waals surface area contributed by atoms with Crippen LogP contribution in [0.2, 0.25) is 0 Å². The molecule has 66 valence electrons. The normalized spacial score (nSPS) is 10.8. The van der Waals surface area contributed by atoms with Crippen LogP contribution in [0.15, 0.2) is 22.8 Å². The molecule has 1 rings (SSSR count). The number of nitrogens with one attached hydrogen (secondary N) is 1. The van der Waals surface area contributed by atoms with E-state index in [2.05, 4.69) is 5.32 Å². The highest BCUT2D eigenvalue weighted by molar-refractivity contribution is 5.11. The van der Waals surface area contributed by atoms with Gasteiger partial charge < -0.3 is 4.42 Å². The van der Waals surface area contributed by atoms with E-state index in [0.717, 1.165) is 0 Å². The first kappa shape index (κ1) is 10.7. The van der Waals surface area contributed by atoms with E-state index in [4.69, 9.17) is 9.68 Å². The Hall–Kier alpha value is -1.27. The average Bonchev–Trinajstić information content (AvgIpc) is 2.64. The Balaban J connectivity index is 0.000000561. The van der Waals surface area contributed by atoms with Gasteiger partial charge in [0, 0.05) is 0 Å². The molecule has 0 aliphatic carbocycles. The number of nitrogens with zero attached hydrogens (tertiary/aromatic N) is 1. The minimum absolute atomic E-state index is 0.324. The fourth-order valence-corrected chi connectivity index (χ4v) is 0.726. The first-order valence-electron chi connectivity index (χ1n) is 3.98. The van der Waals surface area contributed by atoms with Gasteiger partial charge in [0.25, 0.3) is 0 Å². The molecule has 0 saturated heterocycles. The predicted octanol–water partition coefficient (Wildman–Crippen LogP) is 2.09. The Bertz CT molecular complexity index is 223. The second kappa shape index (κ2) is 6.44. The Kier molecular flexibility index (Phi) is 5.76. The lowest BCUT2D eigenvalue weighted by molar-refractivity contribution is 0.473. The first-order valence-corrected chi connectivity index (χ1v) is 3.98. The van der Waals surface area contributed by atoms with Crippen LogP contribution in [0.25, 0.3) is 0 Å². The smallest absolute Gasteiger partial charge is 0.154 e. The molecule has 12 heavy (non-hydrogen) atoms. The highest BCUT2D eigenvalue weighted by atomic mass is 16.3. The summed E-state index contributed by atoms with van der Waals surface area (Å²) in [6.45, 7) is 4.00. The SMILES string of the molecule is CC.CNC(C#N)c1ccco1. The molecule has 3 heteroatoms. The summed E-state index contributed by atoms with van der Waals surface area (Å²) in [5.74, 6) is 0.657. The van der Waals surface area contributed by atoms with Crippen molar-refractivity contribution in [2.45, 2.75) is 19.9 Å². The van der Waals surface area contributed by atoms with Gasteiger partial charge in [0.05, 0.1) is 12.3 Å². The molecule has 1 aromatic heterocycles. The Labute approximate surface area is 73.0 Å². The zero-order valence-electron chi connectivity index (χ0n) is 7.66. The summed E-state index contributed by atoms with van der Waals surface area (Å²) in [4.78, 5) is 0. The van der Waals surface area contributed by atoms with Gasteiger partial charge in [0.15, 0.2) is 6.04 Å². The van der Waals surface area contributed by atoms with Gasteiger partial charge in [0.2, 0.25) is 0 Å². The Morgan fingerprint density at radius 2 is 2.25 bits per heavy atom. The van der Waals surface area contributed by atoms with Crippen LogP contribution < -0.4 is 5.32 Å². The summed E-state index contributed by atoms with van der Waals surface area (Å²) in [6.07, 6.45) is 1.55. The zero-order chi connectivity index (χ0) is 9.40. The molecule has 0 aliphatic heterocycles. The molecular weight excluding hydrogens is 152 g/mol. The summed E-state index contributed by atoms with van der Waals surface area (Å²) in [6, 6.07) is 5.25. The van der Waals surface area contributed by atoms with Crippen molar-refractivity contribution in [3.8, 4) is 6.07 Å². The molecule has 0 saturated carbocycles. The fraction of sp³-hybridized carbons (Fsp3) is 0.444. The van der Waals surface area contributed by atoms with E-state index in [1.54, 1.807) is 25.4 Å². The van der Waals surface area contributed by atoms with Gasteiger partial charge in [-0.1, -0.05) is 13.8 Å². The number of furan rings is 1. The quantitative estimate of drug-likeness (QED) is 0.731. The van der Waals surface area contributed by atoms with E-state index in [-0.39, 0.29) is 6.04 Å². The van der Waals surface area contributed by atoms with Gasteiger partial charge in [-0.05, 0) is 19.2 Å². The van der Waals surface area contributed by atoms with Gasteiger partial charge in [-0.3, -0.25) is 5.32 Å². The molecular formula is C9H14N2O. The summed E-state index contributed by atoms with van der Waals surface area (Å²) < 4.78 is 4.99. The van der Waals surface area contributed by atoms with Crippen molar-refractivity contribution in [2.24, 2.45) is 0 Å². The van der Waals surface area contributed by atoms with E-state index in [1.165, 1.54) is 0 Å². The van der Waals surface area contributed by atoms with Crippen LogP contribution in [-0.4, -0.2) is 7.05 Å². The summed E-state index contributed by atoms with van der Waals surface area (Å²) in [5.41, 5.74) is 0. The van der Waals surface area contributed by atoms with Crippen LogP contribution in [0.5, 0.6) is 0 Å². The lowest BCUT2D eigenvalue weighted by Crippen LogP contribution is -2.12. The maximum Gasteiger partial charge on any atom is 0.154 e. The molecule has 1 heterocycles. The lowest BCUT2D eigenvalue weighted by Gasteiger charge is -2.00. The van der Waals surface area contributed by atoms with Crippen LogP contribution in [0.4, 0.5) is 0 Å².